The summed E-state index contributed by atoms with van der Waals surface area (Å²) < 4.78 is 2.31. The van der Waals surface area contributed by atoms with Crippen LogP contribution in [0.1, 0.15) is 13.8 Å². The summed E-state index contributed by atoms with van der Waals surface area (Å²) in [6, 6.07) is 0. The Morgan fingerprint density at radius 1 is 1.13 bits per heavy atom. The molecule has 1 N–H and O–H groups in total. The molecule has 0 saturated carbocycles. The molecule has 0 fully saturated rings. The van der Waals surface area contributed by atoms with Gasteiger partial charge in [-0.25, -0.2) is 4.79 Å². The van der Waals surface area contributed by atoms with Gasteiger partial charge in [0.2, 0.25) is 0 Å². The first-order valence-electron chi connectivity index (χ1n) is 4.13. The zero-order valence-electron chi connectivity index (χ0n) is 8.07. The van der Waals surface area contributed by atoms with Gasteiger partial charge in [0.15, 0.2) is 0 Å². The minimum atomic E-state index is -0.836. The maximum Gasteiger partial charge on any atom is 0.343 e. The van der Waals surface area contributed by atoms with Gasteiger partial charge in [-0.3, -0.25) is 0 Å². The van der Waals surface area contributed by atoms with Gasteiger partial charge in [-0.2, -0.15) is 0 Å². The van der Waals surface area contributed by atoms with Gasteiger partial charge in [-0.05, 0) is 29.1 Å². The molecule has 0 aromatic rings. The zero-order valence-corrected chi connectivity index (χ0v) is 11.3. The second-order valence-electron chi connectivity index (χ2n) is 2.90. The molecule has 0 spiro atoms. The summed E-state index contributed by atoms with van der Waals surface area (Å²) in [5.74, 6) is -0.836. The van der Waals surface area contributed by atoms with Crippen LogP contribution in [0.15, 0.2) is 28.6 Å². The van der Waals surface area contributed by atoms with Crippen LogP contribution in [0.5, 0.6) is 0 Å². The number of carboxylic acids is 1. The molecule has 6 heteroatoms. The fourth-order valence-electron chi connectivity index (χ4n) is 0.965. The predicted molar refractivity (Wildman–Crippen MR) is 71.5 cm³/mol. The van der Waals surface area contributed by atoms with E-state index in [1.165, 1.54) is 37.6 Å². The fourth-order valence-corrected chi connectivity index (χ4v) is 5.90. The molecule has 0 saturated heterocycles. The minimum absolute atomic E-state index is 0.422. The highest BCUT2D eigenvalue weighted by Crippen LogP contribution is 2.57. The number of hydrogen-bond donors (Lipinski definition) is 1. The molecule has 0 aromatic heterocycles. The Morgan fingerprint density at radius 2 is 1.73 bits per heavy atom. The highest BCUT2D eigenvalue weighted by atomic mass is 32.2. The topological polar surface area (TPSA) is 37.3 Å². The van der Waals surface area contributed by atoms with Crippen LogP contribution in [0.2, 0.25) is 0 Å². The molecule has 15 heavy (non-hydrogen) atoms. The second-order valence-corrected chi connectivity index (χ2v) is 7.80. The second kappa shape index (κ2) is 4.53. The normalized spacial score (nSPS) is 21.3. The lowest BCUT2D eigenvalue weighted by atomic mass is 10.6. The Morgan fingerprint density at radius 3 is 2.20 bits per heavy atom. The third kappa shape index (κ3) is 2.43. The van der Waals surface area contributed by atoms with Crippen molar-refractivity contribution in [2.45, 2.75) is 13.8 Å². The van der Waals surface area contributed by atoms with Crippen LogP contribution in [0.25, 0.3) is 0 Å². The largest absolute Gasteiger partial charge is 0.477 e. The first-order chi connectivity index (χ1) is 7.08. The number of thioether (sulfide) groups is 4. The van der Waals surface area contributed by atoms with Gasteiger partial charge in [0.25, 0.3) is 0 Å². The average molecular weight is 276 g/mol. The maximum atomic E-state index is 10.7. The van der Waals surface area contributed by atoms with Crippen LogP contribution in [0.4, 0.5) is 0 Å². The first kappa shape index (κ1) is 11.6. The molecule has 0 radical (unpaired) electrons. The molecule has 0 aromatic carbocycles. The molecule has 2 nitrogen and oxygen atoms in total. The Kier molecular flexibility index (Phi) is 3.49. The third-order valence-corrected chi connectivity index (χ3v) is 7.35. The van der Waals surface area contributed by atoms with Crippen molar-refractivity contribution >= 4 is 53.0 Å². The van der Waals surface area contributed by atoms with Gasteiger partial charge in [0.05, 0.1) is 8.47 Å². The minimum Gasteiger partial charge on any atom is -0.477 e. The average Bonchev–Trinajstić information content (AvgIpc) is 2.74. The molecular weight excluding hydrogens is 268 g/mol. The van der Waals surface area contributed by atoms with E-state index in [1.807, 2.05) is 0 Å². The molecule has 0 unspecified atom stereocenters. The highest BCUT2D eigenvalue weighted by molar-refractivity contribution is 8.34. The molecule has 2 rings (SSSR count). The van der Waals surface area contributed by atoms with E-state index in [9.17, 15) is 4.79 Å². The van der Waals surface area contributed by atoms with E-state index < -0.39 is 5.97 Å². The molecule has 0 amide bonds. The van der Waals surface area contributed by atoms with Crippen molar-refractivity contribution < 1.29 is 9.90 Å². The summed E-state index contributed by atoms with van der Waals surface area (Å²) in [7, 11) is 0. The van der Waals surface area contributed by atoms with Crippen molar-refractivity contribution in [2.75, 3.05) is 0 Å². The summed E-state index contributed by atoms with van der Waals surface area (Å²) in [6.45, 7) is 4.19. The molecule has 80 valence electrons. The van der Waals surface area contributed by atoms with Gasteiger partial charge in [-0.1, -0.05) is 47.0 Å². The Labute approximate surface area is 105 Å². The molecule has 2 aliphatic heterocycles. The van der Waals surface area contributed by atoms with Gasteiger partial charge < -0.3 is 5.11 Å². The van der Waals surface area contributed by atoms with Crippen molar-refractivity contribution in [1.82, 2.24) is 0 Å². The van der Waals surface area contributed by atoms with E-state index in [-0.39, 0.29) is 0 Å². The molecular formula is C9H8O2S4. The zero-order chi connectivity index (χ0) is 11.0. The summed E-state index contributed by atoms with van der Waals surface area (Å²) >= 11 is 6.35. The number of rotatable bonds is 1. The van der Waals surface area contributed by atoms with Crippen LogP contribution in [0.3, 0.4) is 0 Å². The number of allylic oxidation sites excluding steroid dienone is 2. The van der Waals surface area contributed by atoms with Crippen LogP contribution in [-0.2, 0) is 4.79 Å². The molecule has 0 bridgehead atoms. The quantitative estimate of drug-likeness (QED) is 0.771. The third-order valence-electron chi connectivity index (χ3n) is 1.84. The summed E-state index contributed by atoms with van der Waals surface area (Å²) in [6.07, 6.45) is 0. The van der Waals surface area contributed by atoms with E-state index in [4.69, 9.17) is 5.11 Å². The maximum absolute atomic E-state index is 10.7. The predicted octanol–water partition coefficient (Wildman–Crippen LogP) is 4.25. The summed E-state index contributed by atoms with van der Waals surface area (Å²) in [4.78, 5) is 13.8. The van der Waals surface area contributed by atoms with E-state index in [0.717, 1.165) is 4.24 Å². The fraction of sp³-hybridized carbons (Fsp3) is 0.222. The van der Waals surface area contributed by atoms with Crippen LogP contribution in [0, 0.1) is 0 Å². The Bertz CT molecular complexity index is 404. The van der Waals surface area contributed by atoms with Crippen molar-refractivity contribution in [3.8, 4) is 0 Å². The van der Waals surface area contributed by atoms with Crippen molar-refractivity contribution in [1.29, 1.82) is 0 Å². The standard InChI is InChI=1S/C9H8O2S4/c1-4-5(2)14-9(13-4)8-12-3-6(15-8)7(10)11/h3H,1-2H3,(H,10,11). The van der Waals surface area contributed by atoms with Gasteiger partial charge in [0.1, 0.15) is 4.91 Å². The SMILES string of the molecule is CC1=C(C)SC(=C2SC=C(C(=O)O)S2)S1. The van der Waals surface area contributed by atoms with E-state index in [2.05, 4.69) is 13.8 Å². The number of aliphatic carboxylic acids is 1. The summed E-state index contributed by atoms with van der Waals surface area (Å²) in [5.41, 5.74) is 0. The van der Waals surface area contributed by atoms with Crippen molar-refractivity contribution in [3.63, 3.8) is 0 Å². The molecule has 0 atom stereocenters. The monoisotopic (exact) mass is 276 g/mol. The van der Waals surface area contributed by atoms with Crippen LogP contribution >= 0.6 is 47.0 Å². The van der Waals surface area contributed by atoms with E-state index in [1.54, 1.807) is 28.9 Å². The number of carboxylic acid groups (broad SMARTS) is 1. The van der Waals surface area contributed by atoms with Crippen LogP contribution in [-0.4, -0.2) is 11.1 Å². The number of carbonyl (C=O) groups is 1. The lowest BCUT2D eigenvalue weighted by Crippen LogP contribution is -1.92. The molecule has 2 heterocycles. The van der Waals surface area contributed by atoms with E-state index in [0.29, 0.717) is 4.91 Å². The molecule has 0 aliphatic carbocycles. The molecule has 2 aliphatic rings. The Balaban J connectivity index is 2.11. The van der Waals surface area contributed by atoms with Gasteiger partial charge in [0, 0.05) is 0 Å². The van der Waals surface area contributed by atoms with Gasteiger partial charge >= 0.3 is 5.97 Å². The van der Waals surface area contributed by atoms with E-state index >= 15 is 0 Å². The Hall–Kier alpha value is 0.0900. The summed E-state index contributed by atoms with van der Waals surface area (Å²) in [5, 5.41) is 10.5. The lowest BCUT2D eigenvalue weighted by molar-refractivity contribution is -0.131. The van der Waals surface area contributed by atoms with Crippen molar-refractivity contribution in [3.05, 3.63) is 28.6 Å². The number of hydrogen-bond acceptors (Lipinski definition) is 5. The lowest BCUT2D eigenvalue weighted by Gasteiger charge is -2.00. The first-order valence-corrected chi connectivity index (χ1v) is 7.46. The highest BCUT2D eigenvalue weighted by Gasteiger charge is 2.25. The van der Waals surface area contributed by atoms with Crippen LogP contribution < -0.4 is 0 Å². The van der Waals surface area contributed by atoms with Gasteiger partial charge in [-0.15, -0.1) is 0 Å². The smallest absolute Gasteiger partial charge is 0.343 e. The van der Waals surface area contributed by atoms with Crippen molar-refractivity contribution in [2.24, 2.45) is 0 Å².